The summed E-state index contributed by atoms with van der Waals surface area (Å²) < 4.78 is 0. The van der Waals surface area contributed by atoms with Crippen LogP contribution in [0.4, 0.5) is 11.4 Å². The maximum atomic E-state index is 12.4. The van der Waals surface area contributed by atoms with Crippen molar-refractivity contribution in [3.8, 4) is 5.75 Å². The van der Waals surface area contributed by atoms with Crippen LogP contribution >= 0.6 is 0 Å². The number of nitrogens with zero attached hydrogens (tertiary/aromatic N) is 1. The van der Waals surface area contributed by atoms with Gasteiger partial charge in [-0.15, -0.1) is 0 Å². The van der Waals surface area contributed by atoms with Gasteiger partial charge in [-0.25, -0.2) is 0 Å². The van der Waals surface area contributed by atoms with E-state index in [1.54, 1.807) is 19.1 Å². The number of amides is 2. The number of carbonyl (C=O) groups excluding carboxylic acids is 2. The van der Waals surface area contributed by atoms with E-state index in [4.69, 9.17) is 0 Å². The summed E-state index contributed by atoms with van der Waals surface area (Å²) in [4.78, 5) is 26.1. The highest BCUT2D eigenvalue weighted by Crippen LogP contribution is 2.21. The van der Waals surface area contributed by atoms with Crippen molar-refractivity contribution in [1.29, 1.82) is 0 Å². The van der Waals surface area contributed by atoms with Crippen LogP contribution < -0.4 is 10.2 Å². The van der Waals surface area contributed by atoms with E-state index < -0.39 is 11.8 Å². The lowest BCUT2D eigenvalue weighted by molar-refractivity contribution is -0.134. The molecule has 2 amide bonds. The Morgan fingerprint density at radius 1 is 1.13 bits per heavy atom. The maximum Gasteiger partial charge on any atom is 0.316 e. The van der Waals surface area contributed by atoms with Crippen LogP contribution in [0, 0.1) is 13.8 Å². The largest absolute Gasteiger partial charge is 0.508 e. The SMILES string of the molecule is CCN(C(=O)C(=O)Nc1ccc(O)cc1C)c1cccc(C)c1. The van der Waals surface area contributed by atoms with E-state index in [0.717, 1.165) is 5.56 Å². The van der Waals surface area contributed by atoms with Crippen LogP contribution in [-0.2, 0) is 9.59 Å². The third-order valence-electron chi connectivity index (χ3n) is 3.53. The van der Waals surface area contributed by atoms with E-state index in [0.29, 0.717) is 23.5 Å². The number of rotatable bonds is 3. The van der Waals surface area contributed by atoms with Gasteiger partial charge in [-0.3, -0.25) is 9.59 Å². The number of aromatic hydroxyl groups is 1. The van der Waals surface area contributed by atoms with Crippen LogP contribution in [0.1, 0.15) is 18.1 Å². The third kappa shape index (κ3) is 3.88. The zero-order valence-corrected chi connectivity index (χ0v) is 13.5. The predicted molar refractivity (Wildman–Crippen MR) is 90.7 cm³/mol. The van der Waals surface area contributed by atoms with Crippen LogP contribution in [0.3, 0.4) is 0 Å². The summed E-state index contributed by atoms with van der Waals surface area (Å²) in [7, 11) is 0. The number of nitrogens with one attached hydrogen (secondary N) is 1. The number of phenolic OH excluding ortho intramolecular Hbond substituents is 1. The topological polar surface area (TPSA) is 69.6 Å². The minimum absolute atomic E-state index is 0.113. The molecule has 120 valence electrons. The quantitative estimate of drug-likeness (QED) is 0.676. The molecule has 2 aromatic carbocycles. The Morgan fingerprint density at radius 2 is 1.87 bits per heavy atom. The summed E-state index contributed by atoms with van der Waals surface area (Å²) in [6, 6.07) is 12.0. The fourth-order valence-electron chi connectivity index (χ4n) is 2.33. The van der Waals surface area contributed by atoms with Gasteiger partial charge in [0.1, 0.15) is 5.75 Å². The molecule has 0 spiro atoms. The molecule has 2 aromatic rings. The molecule has 0 atom stereocenters. The normalized spacial score (nSPS) is 10.2. The second-order valence-corrected chi connectivity index (χ2v) is 5.34. The zero-order valence-electron chi connectivity index (χ0n) is 13.5. The molecule has 2 rings (SSSR count). The van der Waals surface area contributed by atoms with E-state index in [-0.39, 0.29) is 5.75 Å². The van der Waals surface area contributed by atoms with Gasteiger partial charge in [0.2, 0.25) is 0 Å². The highest BCUT2D eigenvalue weighted by Gasteiger charge is 2.22. The number of anilines is 2. The monoisotopic (exact) mass is 312 g/mol. The lowest BCUT2D eigenvalue weighted by atomic mass is 10.2. The summed E-state index contributed by atoms with van der Waals surface area (Å²) in [5, 5.41) is 12.0. The van der Waals surface area contributed by atoms with Crippen molar-refractivity contribution in [3.63, 3.8) is 0 Å². The number of phenols is 1. The molecule has 0 heterocycles. The van der Waals surface area contributed by atoms with Crippen molar-refractivity contribution in [1.82, 2.24) is 0 Å². The molecule has 0 bridgehead atoms. The van der Waals surface area contributed by atoms with E-state index in [1.165, 1.54) is 17.0 Å². The zero-order chi connectivity index (χ0) is 17.0. The highest BCUT2D eigenvalue weighted by atomic mass is 16.3. The Balaban J connectivity index is 2.19. The van der Waals surface area contributed by atoms with Crippen molar-refractivity contribution in [2.24, 2.45) is 0 Å². The van der Waals surface area contributed by atoms with Gasteiger partial charge in [-0.1, -0.05) is 12.1 Å². The second kappa shape index (κ2) is 6.96. The van der Waals surface area contributed by atoms with Gasteiger partial charge in [0.15, 0.2) is 0 Å². The van der Waals surface area contributed by atoms with Gasteiger partial charge in [-0.2, -0.15) is 0 Å². The van der Waals surface area contributed by atoms with Gasteiger partial charge < -0.3 is 15.3 Å². The van der Waals surface area contributed by atoms with Gasteiger partial charge in [0.25, 0.3) is 0 Å². The molecule has 0 aliphatic heterocycles. The summed E-state index contributed by atoms with van der Waals surface area (Å²) in [5.41, 5.74) is 2.89. The number of carbonyl (C=O) groups is 2. The molecular weight excluding hydrogens is 292 g/mol. The molecule has 2 N–H and O–H groups in total. The van der Waals surface area contributed by atoms with Crippen LogP contribution in [0.5, 0.6) is 5.75 Å². The Bertz CT molecular complexity index is 741. The molecule has 0 fully saturated rings. The number of likely N-dealkylation sites (N-methyl/N-ethyl adjacent to an activating group) is 1. The minimum atomic E-state index is -0.706. The van der Waals surface area contributed by atoms with E-state index >= 15 is 0 Å². The van der Waals surface area contributed by atoms with Crippen LogP contribution in [0.25, 0.3) is 0 Å². The standard InChI is InChI=1S/C18H20N2O3/c1-4-20(14-7-5-6-12(2)10-14)18(23)17(22)19-16-9-8-15(21)11-13(16)3/h5-11,21H,4H2,1-3H3,(H,19,22). The average Bonchev–Trinajstić information content (AvgIpc) is 2.50. The van der Waals surface area contributed by atoms with E-state index in [1.807, 2.05) is 32.0 Å². The van der Waals surface area contributed by atoms with Gasteiger partial charge >= 0.3 is 11.8 Å². The molecule has 5 heteroatoms. The smallest absolute Gasteiger partial charge is 0.316 e. The van der Waals surface area contributed by atoms with Crippen LogP contribution in [0.2, 0.25) is 0 Å². The molecule has 0 saturated heterocycles. The van der Waals surface area contributed by atoms with Crippen molar-refractivity contribution in [2.75, 3.05) is 16.8 Å². The number of hydrogen-bond acceptors (Lipinski definition) is 3. The number of benzene rings is 2. The van der Waals surface area contributed by atoms with Crippen molar-refractivity contribution in [2.45, 2.75) is 20.8 Å². The Kier molecular flexibility index (Phi) is 5.01. The summed E-state index contributed by atoms with van der Waals surface area (Å²) in [6.07, 6.45) is 0. The lowest BCUT2D eigenvalue weighted by Gasteiger charge is -2.21. The first-order valence-corrected chi connectivity index (χ1v) is 7.41. The van der Waals surface area contributed by atoms with Gasteiger partial charge in [0.05, 0.1) is 0 Å². The summed E-state index contributed by atoms with van der Waals surface area (Å²) >= 11 is 0. The molecule has 5 nitrogen and oxygen atoms in total. The van der Waals surface area contributed by atoms with E-state index in [9.17, 15) is 14.7 Å². The Hall–Kier alpha value is -2.82. The Labute approximate surface area is 135 Å². The fraction of sp³-hybridized carbons (Fsp3) is 0.222. The fourth-order valence-corrected chi connectivity index (χ4v) is 2.33. The first kappa shape index (κ1) is 16.5. The molecule has 23 heavy (non-hydrogen) atoms. The number of aryl methyl sites for hydroxylation is 2. The average molecular weight is 312 g/mol. The van der Waals surface area contributed by atoms with Gasteiger partial charge in [-0.05, 0) is 62.2 Å². The predicted octanol–water partition coefficient (Wildman–Crippen LogP) is 3.00. The maximum absolute atomic E-state index is 12.4. The summed E-state index contributed by atoms with van der Waals surface area (Å²) in [6.45, 7) is 5.89. The molecule has 0 saturated carbocycles. The summed E-state index contributed by atoms with van der Waals surface area (Å²) in [5.74, 6) is -1.21. The first-order chi connectivity index (χ1) is 10.9. The van der Waals surface area contributed by atoms with Crippen molar-refractivity contribution in [3.05, 3.63) is 53.6 Å². The molecule has 0 aromatic heterocycles. The molecule has 0 radical (unpaired) electrons. The van der Waals surface area contributed by atoms with Crippen LogP contribution in [0.15, 0.2) is 42.5 Å². The molecular formula is C18H20N2O3. The van der Waals surface area contributed by atoms with Crippen molar-refractivity contribution < 1.29 is 14.7 Å². The second-order valence-electron chi connectivity index (χ2n) is 5.34. The molecule has 0 unspecified atom stereocenters. The van der Waals surface area contributed by atoms with E-state index in [2.05, 4.69) is 5.32 Å². The van der Waals surface area contributed by atoms with Crippen molar-refractivity contribution >= 4 is 23.2 Å². The Morgan fingerprint density at radius 3 is 2.48 bits per heavy atom. The number of hydrogen-bond donors (Lipinski definition) is 2. The highest BCUT2D eigenvalue weighted by molar-refractivity contribution is 6.44. The van der Waals surface area contributed by atoms with Crippen LogP contribution in [-0.4, -0.2) is 23.5 Å². The lowest BCUT2D eigenvalue weighted by Crippen LogP contribution is -2.39. The van der Waals surface area contributed by atoms with Gasteiger partial charge in [0, 0.05) is 17.9 Å². The first-order valence-electron chi connectivity index (χ1n) is 7.41. The third-order valence-corrected chi connectivity index (χ3v) is 3.53. The minimum Gasteiger partial charge on any atom is -0.508 e. The molecule has 0 aliphatic carbocycles. The molecule has 0 aliphatic rings.